The van der Waals surface area contributed by atoms with E-state index in [1.165, 1.54) is 6.07 Å². The molecule has 0 saturated heterocycles. The van der Waals surface area contributed by atoms with E-state index in [1.807, 2.05) is 49.4 Å². The SMILES string of the molecule is C[C@@H](NC(=O)COC(=O)c1ccc(Br)o1)c1ccc2ccccc2c1. The number of fused-ring (bicyclic) bond motifs is 1. The Morgan fingerprint density at radius 3 is 2.60 bits per heavy atom. The summed E-state index contributed by atoms with van der Waals surface area (Å²) in [6.45, 7) is 1.52. The van der Waals surface area contributed by atoms with Crippen molar-refractivity contribution in [3.05, 3.63) is 70.6 Å². The Balaban J connectivity index is 1.57. The van der Waals surface area contributed by atoms with Gasteiger partial charge in [0, 0.05) is 0 Å². The molecule has 1 aromatic heterocycles. The number of ether oxygens (including phenoxy) is 1. The van der Waals surface area contributed by atoms with Crippen molar-refractivity contribution < 1.29 is 18.7 Å². The molecule has 5 nitrogen and oxygen atoms in total. The van der Waals surface area contributed by atoms with E-state index in [1.54, 1.807) is 6.07 Å². The lowest BCUT2D eigenvalue weighted by Crippen LogP contribution is -2.31. The summed E-state index contributed by atoms with van der Waals surface area (Å²) in [5.74, 6) is -1.01. The lowest BCUT2D eigenvalue weighted by molar-refractivity contribution is -0.124. The Morgan fingerprint density at radius 1 is 1.12 bits per heavy atom. The van der Waals surface area contributed by atoms with Crippen molar-refractivity contribution in [2.45, 2.75) is 13.0 Å². The number of hydrogen-bond acceptors (Lipinski definition) is 4. The van der Waals surface area contributed by atoms with Crippen LogP contribution >= 0.6 is 15.9 Å². The molecule has 3 rings (SSSR count). The molecule has 1 N–H and O–H groups in total. The van der Waals surface area contributed by atoms with Gasteiger partial charge in [0.1, 0.15) is 0 Å². The van der Waals surface area contributed by atoms with Gasteiger partial charge in [-0.25, -0.2) is 4.79 Å². The molecule has 0 spiro atoms. The van der Waals surface area contributed by atoms with E-state index in [0.29, 0.717) is 4.67 Å². The number of furan rings is 1. The molecule has 2 aromatic carbocycles. The second kappa shape index (κ2) is 7.53. The molecular formula is C19H16BrNO4. The maximum Gasteiger partial charge on any atom is 0.374 e. The quantitative estimate of drug-likeness (QED) is 0.649. The third kappa shape index (κ3) is 4.28. The third-order valence-corrected chi connectivity index (χ3v) is 4.19. The van der Waals surface area contributed by atoms with Gasteiger partial charge in [0.15, 0.2) is 11.3 Å². The monoisotopic (exact) mass is 401 g/mol. The van der Waals surface area contributed by atoms with Gasteiger partial charge in [-0.15, -0.1) is 0 Å². The minimum Gasteiger partial charge on any atom is -0.450 e. The fraction of sp³-hybridized carbons (Fsp3) is 0.158. The molecule has 3 aromatic rings. The first-order chi connectivity index (χ1) is 12.0. The molecule has 1 heterocycles. The van der Waals surface area contributed by atoms with Crippen LogP contribution < -0.4 is 5.32 Å². The van der Waals surface area contributed by atoms with Crippen LogP contribution in [-0.2, 0) is 9.53 Å². The Hall–Kier alpha value is -2.60. The fourth-order valence-corrected chi connectivity index (χ4v) is 2.78. The lowest BCUT2D eigenvalue weighted by Gasteiger charge is -2.15. The Labute approximate surface area is 153 Å². The average molecular weight is 402 g/mol. The van der Waals surface area contributed by atoms with Crippen LogP contribution in [-0.4, -0.2) is 18.5 Å². The predicted octanol–water partition coefficient (Wildman–Crippen LogP) is 4.23. The van der Waals surface area contributed by atoms with Crippen molar-refractivity contribution >= 4 is 38.6 Å². The number of benzene rings is 2. The maximum atomic E-state index is 12.0. The zero-order valence-electron chi connectivity index (χ0n) is 13.5. The highest BCUT2D eigenvalue weighted by atomic mass is 79.9. The van der Waals surface area contributed by atoms with Crippen molar-refractivity contribution in [3.8, 4) is 0 Å². The normalized spacial score (nSPS) is 11.9. The standard InChI is InChI=1S/C19H16BrNO4/c1-12(14-7-6-13-4-2-3-5-15(13)10-14)21-18(22)11-24-19(23)16-8-9-17(20)25-16/h2-10,12H,11H2,1H3,(H,21,22)/t12-/m1/s1. The van der Waals surface area contributed by atoms with Gasteiger partial charge in [-0.2, -0.15) is 0 Å². The van der Waals surface area contributed by atoms with Crippen molar-refractivity contribution in [2.75, 3.05) is 6.61 Å². The second-order valence-corrected chi connectivity index (χ2v) is 6.36. The molecule has 1 atom stereocenters. The van der Waals surface area contributed by atoms with Gasteiger partial charge >= 0.3 is 5.97 Å². The van der Waals surface area contributed by atoms with Crippen LogP contribution in [0.4, 0.5) is 0 Å². The van der Waals surface area contributed by atoms with Crippen LogP contribution in [0.1, 0.15) is 29.1 Å². The first-order valence-corrected chi connectivity index (χ1v) is 8.53. The summed E-state index contributed by atoms with van der Waals surface area (Å²) in [5, 5.41) is 5.07. The molecule has 0 fully saturated rings. The topological polar surface area (TPSA) is 68.5 Å². The zero-order valence-corrected chi connectivity index (χ0v) is 15.1. The lowest BCUT2D eigenvalue weighted by atomic mass is 10.0. The first kappa shape index (κ1) is 17.2. The van der Waals surface area contributed by atoms with E-state index in [0.717, 1.165) is 16.3 Å². The molecule has 6 heteroatoms. The van der Waals surface area contributed by atoms with Gasteiger partial charge in [-0.05, 0) is 57.4 Å². The number of carbonyl (C=O) groups excluding carboxylic acids is 2. The van der Waals surface area contributed by atoms with Crippen LogP contribution in [0, 0.1) is 0 Å². The summed E-state index contributed by atoms with van der Waals surface area (Å²) >= 11 is 3.10. The number of esters is 1. The molecule has 0 radical (unpaired) electrons. The minimum atomic E-state index is -0.681. The summed E-state index contributed by atoms with van der Waals surface area (Å²) < 4.78 is 10.4. The van der Waals surface area contributed by atoms with E-state index < -0.39 is 5.97 Å². The molecule has 0 aliphatic rings. The number of amides is 1. The first-order valence-electron chi connectivity index (χ1n) is 7.73. The van der Waals surface area contributed by atoms with E-state index in [-0.39, 0.29) is 24.3 Å². The van der Waals surface area contributed by atoms with Crippen LogP contribution in [0.25, 0.3) is 10.8 Å². The summed E-state index contributed by atoms with van der Waals surface area (Å²) in [6, 6.07) is 16.9. The van der Waals surface area contributed by atoms with Crippen molar-refractivity contribution in [1.29, 1.82) is 0 Å². The number of carbonyl (C=O) groups is 2. The van der Waals surface area contributed by atoms with E-state index in [4.69, 9.17) is 9.15 Å². The largest absolute Gasteiger partial charge is 0.450 e. The predicted molar refractivity (Wildman–Crippen MR) is 97.2 cm³/mol. The fourth-order valence-electron chi connectivity index (χ4n) is 2.47. The third-order valence-electron chi connectivity index (χ3n) is 3.76. The smallest absolute Gasteiger partial charge is 0.374 e. The maximum absolute atomic E-state index is 12.0. The van der Waals surface area contributed by atoms with Crippen molar-refractivity contribution in [3.63, 3.8) is 0 Å². The molecular weight excluding hydrogens is 386 g/mol. The van der Waals surface area contributed by atoms with E-state index >= 15 is 0 Å². The van der Waals surface area contributed by atoms with Gasteiger partial charge in [0.05, 0.1) is 6.04 Å². The summed E-state index contributed by atoms with van der Waals surface area (Å²) in [6.07, 6.45) is 0. The Bertz CT molecular complexity index is 918. The van der Waals surface area contributed by atoms with Crippen LogP contribution in [0.5, 0.6) is 0 Å². The van der Waals surface area contributed by atoms with E-state index in [9.17, 15) is 9.59 Å². The zero-order chi connectivity index (χ0) is 17.8. The highest BCUT2D eigenvalue weighted by Gasteiger charge is 2.15. The summed E-state index contributed by atoms with van der Waals surface area (Å²) in [5.41, 5.74) is 0.980. The molecule has 0 aliphatic carbocycles. The van der Waals surface area contributed by atoms with Crippen LogP contribution in [0.15, 0.2) is 63.7 Å². The average Bonchev–Trinajstić information content (AvgIpc) is 3.05. The van der Waals surface area contributed by atoms with Crippen LogP contribution in [0.3, 0.4) is 0 Å². The molecule has 1 amide bonds. The molecule has 128 valence electrons. The highest BCUT2D eigenvalue weighted by molar-refractivity contribution is 9.10. The second-order valence-electron chi connectivity index (χ2n) is 5.58. The number of halogens is 1. The molecule has 0 unspecified atom stereocenters. The summed E-state index contributed by atoms with van der Waals surface area (Å²) in [4.78, 5) is 23.8. The number of rotatable bonds is 5. The Morgan fingerprint density at radius 2 is 1.88 bits per heavy atom. The van der Waals surface area contributed by atoms with Crippen molar-refractivity contribution in [2.24, 2.45) is 0 Å². The molecule has 0 aliphatic heterocycles. The van der Waals surface area contributed by atoms with Gasteiger partial charge in [-0.1, -0.05) is 36.4 Å². The minimum absolute atomic E-state index is 0.0438. The summed E-state index contributed by atoms with van der Waals surface area (Å²) in [7, 11) is 0. The molecule has 0 saturated carbocycles. The van der Waals surface area contributed by atoms with Crippen LogP contribution in [0.2, 0.25) is 0 Å². The van der Waals surface area contributed by atoms with Gasteiger partial charge < -0.3 is 14.5 Å². The molecule has 0 bridgehead atoms. The van der Waals surface area contributed by atoms with Gasteiger partial charge in [0.25, 0.3) is 5.91 Å². The Kier molecular flexibility index (Phi) is 5.19. The van der Waals surface area contributed by atoms with Crippen molar-refractivity contribution in [1.82, 2.24) is 5.32 Å². The van der Waals surface area contributed by atoms with Gasteiger partial charge in [-0.3, -0.25) is 4.79 Å². The number of hydrogen-bond donors (Lipinski definition) is 1. The molecule has 25 heavy (non-hydrogen) atoms. The van der Waals surface area contributed by atoms with E-state index in [2.05, 4.69) is 21.2 Å². The highest BCUT2D eigenvalue weighted by Crippen LogP contribution is 2.20. The number of nitrogens with one attached hydrogen (secondary N) is 1. The van der Waals surface area contributed by atoms with Gasteiger partial charge in [0.2, 0.25) is 5.76 Å².